The van der Waals surface area contributed by atoms with Crippen molar-refractivity contribution in [2.45, 2.75) is 39.2 Å². The van der Waals surface area contributed by atoms with Gasteiger partial charge < -0.3 is 19.4 Å². The largest absolute Gasteiger partial charge is 0.472 e. The number of hydrogen-bond acceptors (Lipinski definition) is 6. The third-order valence-corrected chi connectivity index (χ3v) is 6.00. The maximum atomic E-state index is 12.2. The van der Waals surface area contributed by atoms with Gasteiger partial charge in [-0.1, -0.05) is 0 Å². The second kappa shape index (κ2) is 9.43. The van der Waals surface area contributed by atoms with Crippen LogP contribution in [0.1, 0.15) is 41.8 Å². The van der Waals surface area contributed by atoms with Crippen molar-refractivity contribution >= 4 is 34.4 Å². The number of amides is 2. The van der Waals surface area contributed by atoms with E-state index in [4.69, 9.17) is 9.15 Å². The normalized spacial score (nSPS) is 15.6. The summed E-state index contributed by atoms with van der Waals surface area (Å²) in [5, 5.41) is 12.9. The van der Waals surface area contributed by atoms with E-state index >= 15 is 0 Å². The molecule has 3 rings (SSSR count). The molecule has 1 unspecified atom stereocenters. The van der Waals surface area contributed by atoms with Crippen LogP contribution in [-0.2, 0) is 22.4 Å². The molecule has 2 aromatic rings. The SMILES string of the molecule is CCN(CC)C(=O)OC1CCc2c(sc(NC(=O)C=Cc3ccoc3)c2C#N)C1. The summed E-state index contributed by atoms with van der Waals surface area (Å²) in [5.41, 5.74) is 2.23. The summed E-state index contributed by atoms with van der Waals surface area (Å²) in [6.07, 6.45) is 7.45. The highest BCUT2D eigenvalue weighted by atomic mass is 32.1. The molecule has 0 aromatic carbocycles. The van der Waals surface area contributed by atoms with Gasteiger partial charge >= 0.3 is 6.09 Å². The molecule has 2 amide bonds. The number of thiophene rings is 1. The van der Waals surface area contributed by atoms with E-state index in [1.54, 1.807) is 17.0 Å². The van der Waals surface area contributed by atoms with Crippen molar-refractivity contribution in [1.82, 2.24) is 4.90 Å². The molecule has 29 heavy (non-hydrogen) atoms. The number of nitriles is 1. The fourth-order valence-corrected chi connectivity index (χ4v) is 4.52. The van der Waals surface area contributed by atoms with Gasteiger partial charge in [0.25, 0.3) is 0 Å². The Kier molecular flexibility index (Phi) is 6.73. The predicted octanol–water partition coefficient (Wildman–Crippen LogP) is 4.20. The molecular formula is C21H23N3O4S. The number of furan rings is 1. The first-order valence-electron chi connectivity index (χ1n) is 9.57. The van der Waals surface area contributed by atoms with Crippen LogP contribution in [0.15, 0.2) is 29.1 Å². The van der Waals surface area contributed by atoms with Crippen LogP contribution in [0.4, 0.5) is 9.80 Å². The number of nitrogens with one attached hydrogen (secondary N) is 1. The van der Waals surface area contributed by atoms with Crippen molar-refractivity contribution in [3.05, 3.63) is 46.2 Å². The predicted molar refractivity (Wildman–Crippen MR) is 111 cm³/mol. The maximum absolute atomic E-state index is 12.2. The third-order valence-electron chi connectivity index (χ3n) is 4.83. The smallest absolute Gasteiger partial charge is 0.410 e. The zero-order valence-corrected chi connectivity index (χ0v) is 17.3. The summed E-state index contributed by atoms with van der Waals surface area (Å²) < 4.78 is 10.6. The summed E-state index contributed by atoms with van der Waals surface area (Å²) >= 11 is 1.38. The van der Waals surface area contributed by atoms with Crippen LogP contribution in [-0.4, -0.2) is 36.1 Å². The summed E-state index contributed by atoms with van der Waals surface area (Å²) in [7, 11) is 0. The molecule has 1 aliphatic rings. The standard InChI is InChI=1S/C21H23N3O4S/c1-3-24(4-2)21(26)28-15-6-7-16-17(12-22)20(29-18(16)11-15)23-19(25)8-5-14-9-10-27-13-14/h5,8-10,13,15H,3-4,6-7,11H2,1-2H3,(H,23,25). The number of anilines is 1. The first-order chi connectivity index (χ1) is 14.0. The molecule has 0 radical (unpaired) electrons. The van der Waals surface area contributed by atoms with Gasteiger partial charge in [0, 0.05) is 36.0 Å². The molecule has 0 saturated heterocycles. The van der Waals surface area contributed by atoms with Crippen LogP contribution < -0.4 is 5.32 Å². The van der Waals surface area contributed by atoms with Gasteiger partial charge in [0.05, 0.1) is 18.1 Å². The van der Waals surface area contributed by atoms with Gasteiger partial charge in [-0.3, -0.25) is 4.79 Å². The third kappa shape index (κ3) is 4.87. The summed E-state index contributed by atoms with van der Waals surface area (Å²) in [6, 6.07) is 3.96. The van der Waals surface area contributed by atoms with E-state index in [0.717, 1.165) is 16.0 Å². The van der Waals surface area contributed by atoms with Crippen molar-refractivity contribution in [2.24, 2.45) is 0 Å². The average Bonchev–Trinajstić information content (AvgIpc) is 3.34. The lowest BCUT2D eigenvalue weighted by Gasteiger charge is -2.26. The van der Waals surface area contributed by atoms with Gasteiger partial charge in [0.2, 0.25) is 5.91 Å². The Morgan fingerprint density at radius 2 is 2.24 bits per heavy atom. The number of ether oxygens (including phenoxy) is 1. The minimum Gasteiger partial charge on any atom is -0.472 e. The van der Waals surface area contributed by atoms with Gasteiger partial charge in [0.1, 0.15) is 17.2 Å². The lowest BCUT2D eigenvalue weighted by molar-refractivity contribution is -0.111. The molecule has 0 bridgehead atoms. The Balaban J connectivity index is 1.69. The number of fused-ring (bicyclic) bond motifs is 1. The molecule has 8 heteroatoms. The van der Waals surface area contributed by atoms with Gasteiger partial charge in [0.15, 0.2) is 0 Å². The van der Waals surface area contributed by atoms with Crippen LogP contribution in [0, 0.1) is 11.3 Å². The second-order valence-corrected chi connectivity index (χ2v) is 7.73. The maximum Gasteiger partial charge on any atom is 0.410 e. The zero-order valence-electron chi connectivity index (χ0n) is 16.4. The molecule has 152 valence electrons. The fourth-order valence-electron chi connectivity index (χ4n) is 3.26. The Bertz CT molecular complexity index is 936. The summed E-state index contributed by atoms with van der Waals surface area (Å²) in [4.78, 5) is 27.1. The number of carbonyl (C=O) groups excluding carboxylic acids is 2. The van der Waals surface area contributed by atoms with Crippen LogP contribution in [0.3, 0.4) is 0 Å². The van der Waals surface area contributed by atoms with Crippen molar-refractivity contribution in [3.8, 4) is 6.07 Å². The highest BCUT2D eigenvalue weighted by molar-refractivity contribution is 7.16. The first kappa shape index (κ1) is 20.7. The molecule has 1 aliphatic carbocycles. The van der Waals surface area contributed by atoms with E-state index in [9.17, 15) is 14.9 Å². The highest BCUT2D eigenvalue weighted by Gasteiger charge is 2.29. The van der Waals surface area contributed by atoms with Crippen molar-refractivity contribution in [1.29, 1.82) is 5.26 Å². The fraction of sp³-hybridized carbons (Fsp3) is 0.381. The Hall–Kier alpha value is -3.05. The van der Waals surface area contributed by atoms with E-state index in [-0.39, 0.29) is 18.1 Å². The molecular weight excluding hydrogens is 390 g/mol. The highest BCUT2D eigenvalue weighted by Crippen LogP contribution is 2.38. The minimum atomic E-state index is -0.314. The molecule has 2 heterocycles. The van der Waals surface area contributed by atoms with Crippen molar-refractivity contribution < 1.29 is 18.7 Å². The molecule has 7 nitrogen and oxygen atoms in total. The van der Waals surface area contributed by atoms with E-state index in [1.165, 1.54) is 29.9 Å². The number of rotatable bonds is 6. The van der Waals surface area contributed by atoms with Gasteiger partial charge in [-0.15, -0.1) is 11.3 Å². The first-order valence-corrected chi connectivity index (χ1v) is 10.4. The Morgan fingerprint density at radius 1 is 1.45 bits per heavy atom. The molecule has 1 N–H and O–H groups in total. The molecule has 1 atom stereocenters. The van der Waals surface area contributed by atoms with Crippen LogP contribution in [0.5, 0.6) is 0 Å². The molecule has 0 saturated carbocycles. The molecule has 0 aliphatic heterocycles. The van der Waals surface area contributed by atoms with Crippen LogP contribution in [0.25, 0.3) is 6.08 Å². The molecule has 0 spiro atoms. The minimum absolute atomic E-state index is 0.217. The molecule has 0 fully saturated rings. The molecule has 2 aromatic heterocycles. The van der Waals surface area contributed by atoms with Crippen molar-refractivity contribution in [3.63, 3.8) is 0 Å². The van der Waals surface area contributed by atoms with Crippen molar-refractivity contribution in [2.75, 3.05) is 18.4 Å². The summed E-state index contributed by atoms with van der Waals surface area (Å²) in [5.74, 6) is -0.314. The topological polar surface area (TPSA) is 95.6 Å². The van der Waals surface area contributed by atoms with Crippen LogP contribution >= 0.6 is 11.3 Å². The van der Waals surface area contributed by atoms with E-state index < -0.39 is 0 Å². The monoisotopic (exact) mass is 413 g/mol. The Morgan fingerprint density at radius 3 is 2.90 bits per heavy atom. The number of nitrogens with zero attached hydrogens (tertiary/aromatic N) is 2. The average molecular weight is 413 g/mol. The van der Waals surface area contributed by atoms with Crippen LogP contribution in [0.2, 0.25) is 0 Å². The van der Waals surface area contributed by atoms with E-state index in [0.29, 0.717) is 42.9 Å². The Labute approximate surface area is 173 Å². The van der Waals surface area contributed by atoms with Gasteiger partial charge in [-0.25, -0.2) is 4.79 Å². The lowest BCUT2D eigenvalue weighted by atomic mass is 9.94. The van der Waals surface area contributed by atoms with E-state index in [2.05, 4.69) is 11.4 Å². The van der Waals surface area contributed by atoms with E-state index in [1.807, 2.05) is 13.8 Å². The number of hydrogen-bond donors (Lipinski definition) is 1. The summed E-state index contributed by atoms with van der Waals surface area (Å²) in [6.45, 7) is 5.04. The number of carbonyl (C=O) groups is 2. The van der Waals surface area contributed by atoms with Gasteiger partial charge in [-0.2, -0.15) is 5.26 Å². The quantitative estimate of drug-likeness (QED) is 0.716. The zero-order chi connectivity index (χ0) is 20.8. The van der Waals surface area contributed by atoms with Gasteiger partial charge in [-0.05, 0) is 44.4 Å². The lowest BCUT2D eigenvalue weighted by Crippen LogP contribution is -2.35. The second-order valence-electron chi connectivity index (χ2n) is 6.62.